The van der Waals surface area contributed by atoms with Gasteiger partial charge in [0, 0.05) is 6.26 Å². The molecule has 1 rings (SSSR count). The first-order valence-electron chi connectivity index (χ1n) is 4.93. The van der Waals surface area contributed by atoms with Crippen molar-refractivity contribution in [3.63, 3.8) is 0 Å². The minimum absolute atomic E-state index is 0.263. The molecule has 4 heteroatoms. The maximum atomic E-state index is 11.2. The molecular weight excluding hydrogens is 224 g/mol. The van der Waals surface area contributed by atoms with Crippen LogP contribution in [0.3, 0.4) is 0 Å². The highest BCUT2D eigenvalue weighted by atomic mass is 32.2. The van der Waals surface area contributed by atoms with Gasteiger partial charge in [-0.15, -0.1) is 6.58 Å². The first kappa shape index (κ1) is 12.9. The second-order valence-corrected chi connectivity index (χ2v) is 6.03. The molecule has 1 unspecified atom stereocenters. The third-order valence-electron chi connectivity index (χ3n) is 2.23. The Balaban J connectivity index is 2.91. The van der Waals surface area contributed by atoms with Gasteiger partial charge in [-0.1, -0.05) is 17.7 Å². The fourth-order valence-electron chi connectivity index (χ4n) is 1.39. The van der Waals surface area contributed by atoms with E-state index in [-0.39, 0.29) is 4.90 Å². The second kappa shape index (κ2) is 4.80. The van der Waals surface area contributed by atoms with E-state index in [1.165, 1.54) is 12.1 Å². The van der Waals surface area contributed by atoms with Crippen LogP contribution < -0.4 is 0 Å². The number of benzene rings is 1. The third-order valence-corrected chi connectivity index (χ3v) is 3.36. The molecule has 0 aliphatic heterocycles. The largest absolute Gasteiger partial charge is 0.388 e. The zero-order chi connectivity index (χ0) is 12.3. The van der Waals surface area contributed by atoms with Crippen molar-refractivity contribution < 1.29 is 13.5 Å². The van der Waals surface area contributed by atoms with Crippen LogP contribution in [0.5, 0.6) is 0 Å². The molecule has 16 heavy (non-hydrogen) atoms. The summed E-state index contributed by atoms with van der Waals surface area (Å²) in [5, 5.41) is 9.77. The lowest BCUT2D eigenvalue weighted by Crippen LogP contribution is -2.00. The molecule has 1 atom stereocenters. The van der Waals surface area contributed by atoms with Crippen molar-refractivity contribution in [2.75, 3.05) is 6.26 Å². The predicted molar refractivity (Wildman–Crippen MR) is 63.9 cm³/mol. The molecule has 0 spiro atoms. The van der Waals surface area contributed by atoms with Crippen LogP contribution in [-0.2, 0) is 9.84 Å². The molecule has 0 saturated heterocycles. The zero-order valence-electron chi connectivity index (χ0n) is 9.47. The number of aliphatic hydroxyl groups excluding tert-OH is 1. The number of aliphatic hydroxyl groups is 1. The summed E-state index contributed by atoms with van der Waals surface area (Å²) in [5.74, 6) is 0. The van der Waals surface area contributed by atoms with E-state index in [1.807, 2.05) is 6.92 Å². The summed E-state index contributed by atoms with van der Waals surface area (Å²) < 4.78 is 22.4. The van der Waals surface area contributed by atoms with Crippen molar-refractivity contribution in [3.8, 4) is 0 Å². The highest BCUT2D eigenvalue weighted by Crippen LogP contribution is 2.21. The molecule has 0 aromatic heterocycles. The fraction of sp³-hybridized carbons (Fsp3) is 0.333. The van der Waals surface area contributed by atoms with Gasteiger partial charge in [0.1, 0.15) is 0 Å². The van der Waals surface area contributed by atoms with Crippen LogP contribution in [0.1, 0.15) is 25.0 Å². The molecule has 0 amide bonds. The summed E-state index contributed by atoms with van der Waals surface area (Å²) >= 11 is 0. The van der Waals surface area contributed by atoms with Crippen molar-refractivity contribution >= 4 is 9.84 Å². The molecule has 0 saturated carbocycles. The standard InChI is InChI=1S/C12H16O3S/c1-9(2)8-12(13)10-4-6-11(7-5-10)16(3,14)15/h4-7,12-13H,1,8H2,2-3H3. The van der Waals surface area contributed by atoms with Crippen molar-refractivity contribution in [2.45, 2.75) is 24.3 Å². The lowest BCUT2D eigenvalue weighted by Gasteiger charge is -2.11. The molecule has 0 radical (unpaired) electrons. The minimum Gasteiger partial charge on any atom is -0.388 e. The fourth-order valence-corrected chi connectivity index (χ4v) is 2.02. The van der Waals surface area contributed by atoms with E-state index in [2.05, 4.69) is 6.58 Å². The maximum absolute atomic E-state index is 11.2. The maximum Gasteiger partial charge on any atom is 0.175 e. The Bertz CT molecular complexity index is 471. The molecular formula is C12H16O3S. The number of sulfone groups is 1. The van der Waals surface area contributed by atoms with Gasteiger partial charge >= 0.3 is 0 Å². The van der Waals surface area contributed by atoms with Gasteiger partial charge in [0.25, 0.3) is 0 Å². The molecule has 0 fully saturated rings. The van der Waals surface area contributed by atoms with Gasteiger partial charge in [0.05, 0.1) is 11.0 Å². The Labute approximate surface area is 96.4 Å². The highest BCUT2D eigenvalue weighted by Gasteiger charge is 2.10. The Kier molecular flexibility index (Phi) is 3.88. The van der Waals surface area contributed by atoms with E-state index < -0.39 is 15.9 Å². The van der Waals surface area contributed by atoms with Crippen LogP contribution in [0.15, 0.2) is 41.3 Å². The van der Waals surface area contributed by atoms with E-state index in [0.717, 1.165) is 11.8 Å². The first-order valence-corrected chi connectivity index (χ1v) is 6.82. The quantitative estimate of drug-likeness (QED) is 0.820. The average Bonchev–Trinajstić information content (AvgIpc) is 2.15. The van der Waals surface area contributed by atoms with Gasteiger partial charge in [-0.25, -0.2) is 8.42 Å². The van der Waals surface area contributed by atoms with Gasteiger partial charge < -0.3 is 5.11 Å². The summed E-state index contributed by atoms with van der Waals surface area (Å²) in [4.78, 5) is 0.263. The first-order chi connectivity index (χ1) is 7.30. The van der Waals surface area contributed by atoms with E-state index >= 15 is 0 Å². The lowest BCUT2D eigenvalue weighted by molar-refractivity contribution is 0.178. The monoisotopic (exact) mass is 240 g/mol. The molecule has 1 N–H and O–H groups in total. The van der Waals surface area contributed by atoms with Gasteiger partial charge in [-0.2, -0.15) is 0 Å². The normalized spacial score (nSPS) is 13.4. The van der Waals surface area contributed by atoms with Crippen LogP contribution >= 0.6 is 0 Å². The van der Waals surface area contributed by atoms with Crippen molar-refractivity contribution in [1.29, 1.82) is 0 Å². The van der Waals surface area contributed by atoms with Crippen LogP contribution in [0.25, 0.3) is 0 Å². The van der Waals surface area contributed by atoms with E-state index in [9.17, 15) is 13.5 Å². The smallest absolute Gasteiger partial charge is 0.175 e. The second-order valence-electron chi connectivity index (χ2n) is 4.02. The predicted octanol–water partition coefficient (Wildman–Crippen LogP) is 2.09. The number of hydrogen-bond donors (Lipinski definition) is 1. The van der Waals surface area contributed by atoms with Crippen molar-refractivity contribution in [3.05, 3.63) is 42.0 Å². The van der Waals surface area contributed by atoms with Gasteiger partial charge in [-0.3, -0.25) is 0 Å². The van der Waals surface area contributed by atoms with Gasteiger partial charge in [0.2, 0.25) is 0 Å². The lowest BCUT2D eigenvalue weighted by atomic mass is 10.0. The molecule has 3 nitrogen and oxygen atoms in total. The number of rotatable bonds is 4. The Hall–Kier alpha value is -1.13. The summed E-state index contributed by atoms with van der Waals surface area (Å²) in [7, 11) is -3.17. The summed E-state index contributed by atoms with van der Waals surface area (Å²) in [6.45, 7) is 5.56. The Morgan fingerprint density at radius 3 is 2.25 bits per heavy atom. The SMILES string of the molecule is C=C(C)CC(O)c1ccc(S(C)(=O)=O)cc1. The average molecular weight is 240 g/mol. The molecule has 88 valence electrons. The third kappa shape index (κ3) is 3.47. The Morgan fingerprint density at radius 2 is 1.88 bits per heavy atom. The summed E-state index contributed by atoms with van der Waals surface area (Å²) in [6, 6.07) is 6.27. The molecule has 0 bridgehead atoms. The van der Waals surface area contributed by atoms with E-state index in [1.54, 1.807) is 12.1 Å². The van der Waals surface area contributed by atoms with Crippen LogP contribution in [0.2, 0.25) is 0 Å². The minimum atomic E-state index is -3.17. The van der Waals surface area contributed by atoms with Gasteiger partial charge in [0.15, 0.2) is 9.84 Å². The molecule has 0 aliphatic carbocycles. The summed E-state index contributed by atoms with van der Waals surface area (Å²) in [5.41, 5.74) is 1.59. The molecule has 1 aromatic carbocycles. The Morgan fingerprint density at radius 1 is 1.38 bits per heavy atom. The molecule has 0 aliphatic rings. The van der Waals surface area contributed by atoms with Crippen LogP contribution in [0.4, 0.5) is 0 Å². The van der Waals surface area contributed by atoms with Gasteiger partial charge in [-0.05, 0) is 31.0 Å². The number of hydrogen-bond acceptors (Lipinski definition) is 3. The molecule has 0 heterocycles. The van der Waals surface area contributed by atoms with E-state index in [4.69, 9.17) is 0 Å². The highest BCUT2D eigenvalue weighted by molar-refractivity contribution is 7.90. The zero-order valence-corrected chi connectivity index (χ0v) is 10.3. The molecule has 1 aromatic rings. The van der Waals surface area contributed by atoms with E-state index in [0.29, 0.717) is 12.0 Å². The van der Waals surface area contributed by atoms with Crippen LogP contribution in [-0.4, -0.2) is 19.8 Å². The summed E-state index contributed by atoms with van der Waals surface area (Å²) in [6.07, 6.45) is 1.02. The van der Waals surface area contributed by atoms with Crippen LogP contribution in [0, 0.1) is 0 Å². The van der Waals surface area contributed by atoms with Crippen molar-refractivity contribution in [1.82, 2.24) is 0 Å². The topological polar surface area (TPSA) is 54.4 Å². The van der Waals surface area contributed by atoms with Crippen molar-refractivity contribution in [2.24, 2.45) is 0 Å².